The average molecular weight is 446 g/mol. The number of nitrogens with zero attached hydrogens (tertiary/aromatic N) is 4. The van der Waals surface area contributed by atoms with Gasteiger partial charge in [0, 0.05) is 49.7 Å². The number of rotatable bonds is 6. The summed E-state index contributed by atoms with van der Waals surface area (Å²) in [6.07, 6.45) is 6.65. The molecule has 1 amide bonds. The van der Waals surface area contributed by atoms with Crippen molar-refractivity contribution in [3.05, 3.63) is 52.9 Å². The van der Waals surface area contributed by atoms with Crippen LogP contribution >= 0.6 is 11.3 Å². The summed E-state index contributed by atoms with van der Waals surface area (Å²) in [5.41, 5.74) is 2.09. The van der Waals surface area contributed by atoms with Crippen molar-refractivity contribution in [1.29, 1.82) is 0 Å². The van der Waals surface area contributed by atoms with E-state index in [1.807, 2.05) is 24.4 Å². The van der Waals surface area contributed by atoms with Crippen molar-refractivity contribution in [2.24, 2.45) is 7.05 Å². The molecule has 0 bridgehead atoms. The molecule has 0 saturated carbocycles. The first-order valence-corrected chi connectivity index (χ1v) is 12.0. The first-order valence-electron chi connectivity index (χ1n) is 9.69. The average Bonchev–Trinajstić information content (AvgIpc) is 3.49. The monoisotopic (exact) mass is 445 g/mol. The van der Waals surface area contributed by atoms with Gasteiger partial charge in [0.05, 0.1) is 11.7 Å². The van der Waals surface area contributed by atoms with Gasteiger partial charge in [0.25, 0.3) is 5.91 Å². The molecule has 30 heavy (non-hydrogen) atoms. The lowest BCUT2D eigenvalue weighted by molar-refractivity contribution is 0.0931. The number of aromatic nitrogens is 3. The van der Waals surface area contributed by atoms with Crippen LogP contribution in [0.5, 0.6) is 0 Å². The molecule has 8 nitrogen and oxygen atoms in total. The Morgan fingerprint density at radius 3 is 2.63 bits per heavy atom. The molecular formula is C20H23N5O3S2. The predicted molar refractivity (Wildman–Crippen MR) is 115 cm³/mol. The van der Waals surface area contributed by atoms with Crippen LogP contribution in [-0.4, -0.2) is 46.3 Å². The molecule has 3 aromatic heterocycles. The summed E-state index contributed by atoms with van der Waals surface area (Å²) in [6, 6.07) is 4.90. The van der Waals surface area contributed by atoms with Gasteiger partial charge < -0.3 is 9.88 Å². The summed E-state index contributed by atoms with van der Waals surface area (Å²) in [4.78, 5) is 21.6. The van der Waals surface area contributed by atoms with E-state index in [0.717, 1.165) is 29.1 Å². The SMILES string of the molecule is CC(NC(=O)c1cc(S(=O)(=O)N2CCCC2)cn1C)c1nc(-c2ccncc2)cs1. The highest BCUT2D eigenvalue weighted by molar-refractivity contribution is 7.89. The molecule has 1 saturated heterocycles. The number of hydrogen-bond acceptors (Lipinski definition) is 6. The summed E-state index contributed by atoms with van der Waals surface area (Å²) in [5, 5.41) is 5.63. The summed E-state index contributed by atoms with van der Waals surface area (Å²) < 4.78 is 28.6. The van der Waals surface area contributed by atoms with E-state index in [2.05, 4.69) is 15.3 Å². The Morgan fingerprint density at radius 1 is 1.23 bits per heavy atom. The Morgan fingerprint density at radius 2 is 1.93 bits per heavy atom. The molecule has 3 aromatic rings. The molecule has 1 N–H and O–H groups in total. The van der Waals surface area contributed by atoms with Crippen LogP contribution in [0.3, 0.4) is 0 Å². The molecule has 0 aliphatic carbocycles. The third kappa shape index (κ3) is 4.03. The van der Waals surface area contributed by atoms with Gasteiger partial charge in [-0.15, -0.1) is 11.3 Å². The maximum atomic E-state index is 12.8. The molecule has 1 aliphatic rings. The Balaban J connectivity index is 1.49. The van der Waals surface area contributed by atoms with Gasteiger partial charge in [0.1, 0.15) is 15.6 Å². The third-order valence-corrected chi connectivity index (χ3v) is 8.02. The highest BCUT2D eigenvalue weighted by Gasteiger charge is 2.29. The lowest BCUT2D eigenvalue weighted by atomic mass is 10.2. The lowest BCUT2D eigenvalue weighted by Gasteiger charge is -2.13. The zero-order chi connectivity index (χ0) is 21.3. The van der Waals surface area contributed by atoms with E-state index in [-0.39, 0.29) is 16.8 Å². The lowest BCUT2D eigenvalue weighted by Crippen LogP contribution is -2.28. The van der Waals surface area contributed by atoms with Crippen LogP contribution in [0.2, 0.25) is 0 Å². The molecule has 1 unspecified atom stereocenters. The minimum absolute atomic E-state index is 0.152. The molecular weight excluding hydrogens is 422 g/mol. The number of amides is 1. The number of sulfonamides is 1. The third-order valence-electron chi connectivity index (χ3n) is 5.13. The van der Waals surface area contributed by atoms with Gasteiger partial charge >= 0.3 is 0 Å². The molecule has 1 fully saturated rings. The number of pyridine rings is 1. The van der Waals surface area contributed by atoms with E-state index in [1.54, 1.807) is 24.0 Å². The molecule has 4 heterocycles. The van der Waals surface area contributed by atoms with Crippen molar-refractivity contribution in [1.82, 2.24) is 24.2 Å². The molecule has 4 rings (SSSR count). The van der Waals surface area contributed by atoms with E-state index in [4.69, 9.17) is 0 Å². The molecule has 0 spiro atoms. The van der Waals surface area contributed by atoms with Gasteiger partial charge in [-0.25, -0.2) is 13.4 Å². The van der Waals surface area contributed by atoms with Crippen LogP contribution in [0.1, 0.15) is 41.3 Å². The number of nitrogens with one attached hydrogen (secondary N) is 1. The molecule has 1 aliphatic heterocycles. The van der Waals surface area contributed by atoms with Crippen molar-refractivity contribution in [3.63, 3.8) is 0 Å². The number of carbonyl (C=O) groups is 1. The van der Waals surface area contributed by atoms with Gasteiger partial charge in [-0.1, -0.05) is 0 Å². The molecule has 1 atom stereocenters. The summed E-state index contributed by atoms with van der Waals surface area (Å²) >= 11 is 1.46. The van der Waals surface area contributed by atoms with Crippen molar-refractivity contribution in [3.8, 4) is 11.3 Å². The molecule has 0 aromatic carbocycles. The highest BCUT2D eigenvalue weighted by atomic mass is 32.2. The van der Waals surface area contributed by atoms with E-state index in [1.165, 1.54) is 27.9 Å². The zero-order valence-corrected chi connectivity index (χ0v) is 18.4. The maximum Gasteiger partial charge on any atom is 0.268 e. The summed E-state index contributed by atoms with van der Waals surface area (Å²) in [7, 11) is -1.89. The summed E-state index contributed by atoms with van der Waals surface area (Å²) in [6.45, 7) is 2.91. The van der Waals surface area contributed by atoms with Gasteiger partial charge in [-0.05, 0) is 38.0 Å². The van der Waals surface area contributed by atoms with Crippen LogP contribution in [0.4, 0.5) is 0 Å². The van der Waals surface area contributed by atoms with Crippen molar-refractivity contribution < 1.29 is 13.2 Å². The molecule has 0 radical (unpaired) electrons. The first kappa shape index (κ1) is 20.7. The summed E-state index contributed by atoms with van der Waals surface area (Å²) in [5.74, 6) is -0.339. The predicted octanol–water partition coefficient (Wildman–Crippen LogP) is 2.82. The van der Waals surface area contributed by atoms with Crippen LogP contribution in [-0.2, 0) is 17.1 Å². The quantitative estimate of drug-likeness (QED) is 0.629. The van der Waals surface area contributed by atoms with Gasteiger partial charge in [0.2, 0.25) is 10.0 Å². The van der Waals surface area contributed by atoms with E-state index >= 15 is 0 Å². The second kappa shape index (κ2) is 8.29. The van der Waals surface area contributed by atoms with Crippen LogP contribution < -0.4 is 5.32 Å². The minimum atomic E-state index is -3.56. The van der Waals surface area contributed by atoms with Crippen LogP contribution in [0, 0.1) is 0 Å². The van der Waals surface area contributed by atoms with Crippen LogP contribution in [0.25, 0.3) is 11.3 Å². The Hall–Kier alpha value is -2.56. The second-order valence-corrected chi connectivity index (χ2v) is 10.1. The Kier molecular flexibility index (Phi) is 5.72. The fourth-order valence-electron chi connectivity index (χ4n) is 3.45. The van der Waals surface area contributed by atoms with Gasteiger partial charge in [-0.2, -0.15) is 4.31 Å². The fraction of sp³-hybridized carbons (Fsp3) is 0.350. The first-order chi connectivity index (χ1) is 14.4. The smallest absolute Gasteiger partial charge is 0.268 e. The topological polar surface area (TPSA) is 97.2 Å². The van der Waals surface area contributed by atoms with Crippen molar-refractivity contribution in [2.75, 3.05) is 13.1 Å². The number of carbonyl (C=O) groups excluding carboxylic acids is 1. The standard InChI is InChI=1S/C20H23N5O3S2/c1-14(20-23-17(13-29-20)15-5-7-21-8-6-15)22-19(26)18-11-16(12-24(18)2)30(27,28)25-9-3-4-10-25/h5-8,11-14H,3-4,9-10H2,1-2H3,(H,22,26). The normalized spacial score (nSPS) is 15.9. The van der Waals surface area contributed by atoms with E-state index in [0.29, 0.717) is 18.8 Å². The second-order valence-electron chi connectivity index (χ2n) is 7.29. The molecule has 158 valence electrons. The van der Waals surface area contributed by atoms with Crippen LogP contribution in [0.15, 0.2) is 47.1 Å². The Bertz CT molecular complexity index is 1150. The largest absolute Gasteiger partial charge is 0.345 e. The van der Waals surface area contributed by atoms with Gasteiger partial charge in [-0.3, -0.25) is 9.78 Å². The van der Waals surface area contributed by atoms with E-state index < -0.39 is 10.0 Å². The van der Waals surface area contributed by atoms with Crippen molar-refractivity contribution >= 4 is 27.3 Å². The van der Waals surface area contributed by atoms with Crippen molar-refractivity contribution in [2.45, 2.75) is 30.7 Å². The van der Waals surface area contributed by atoms with Gasteiger partial charge in [0.15, 0.2) is 0 Å². The number of aryl methyl sites for hydroxylation is 1. The number of thiazole rings is 1. The minimum Gasteiger partial charge on any atom is -0.345 e. The highest BCUT2D eigenvalue weighted by Crippen LogP contribution is 2.26. The zero-order valence-electron chi connectivity index (χ0n) is 16.8. The number of hydrogen-bond donors (Lipinski definition) is 1. The Labute approximate surface area is 179 Å². The van der Waals surface area contributed by atoms with E-state index in [9.17, 15) is 13.2 Å². The maximum absolute atomic E-state index is 12.8. The fourth-order valence-corrected chi connectivity index (χ4v) is 5.88. The molecule has 10 heteroatoms.